The first-order chi connectivity index (χ1) is 19.3. The van der Waals surface area contributed by atoms with E-state index in [1.54, 1.807) is 6.20 Å². The van der Waals surface area contributed by atoms with Crippen molar-refractivity contribution in [2.24, 2.45) is 5.41 Å². The number of aromatic nitrogens is 4. The van der Waals surface area contributed by atoms with Crippen LogP contribution in [-0.2, 0) is 14.3 Å². The number of carbonyl (C=O) groups excluding carboxylic acids is 2. The van der Waals surface area contributed by atoms with Crippen molar-refractivity contribution < 1.29 is 14.3 Å². The first kappa shape index (κ1) is 27.6. The third kappa shape index (κ3) is 5.82. The maximum Gasteiger partial charge on any atom is 0.311 e. The number of ether oxygens (including phenoxy) is 1. The number of anilines is 2. The van der Waals surface area contributed by atoms with Crippen LogP contribution >= 0.6 is 11.3 Å². The standard InChI is InChI=1S/C30H34N6O3S/c1-5-7-25(37)35-29-34-24-16-20(15-22(26(24)40-29)23-14-19(3)8-11-31-23)21-17-32-28(33-18-21)36-12-9-30(4,10-13-36)27(38)39-6-2/h8,11,14-18H,5-7,9-10,12-13H2,1-4H3,(H,34,35,37). The minimum absolute atomic E-state index is 0.0405. The lowest BCUT2D eigenvalue weighted by Crippen LogP contribution is -2.44. The van der Waals surface area contributed by atoms with E-state index in [2.05, 4.69) is 31.2 Å². The Balaban J connectivity index is 1.43. The van der Waals surface area contributed by atoms with Crippen molar-refractivity contribution in [3.63, 3.8) is 0 Å². The van der Waals surface area contributed by atoms with Crippen LogP contribution in [0.25, 0.3) is 32.6 Å². The normalized spacial score (nSPS) is 14.8. The van der Waals surface area contributed by atoms with Crippen molar-refractivity contribution in [3.8, 4) is 22.4 Å². The molecule has 9 nitrogen and oxygen atoms in total. The third-order valence-corrected chi connectivity index (χ3v) is 8.31. The summed E-state index contributed by atoms with van der Waals surface area (Å²) < 4.78 is 6.24. The van der Waals surface area contributed by atoms with Gasteiger partial charge in [0, 0.05) is 49.2 Å². The molecule has 0 spiro atoms. The predicted octanol–water partition coefficient (Wildman–Crippen LogP) is 6.03. The molecule has 208 valence electrons. The Bertz CT molecular complexity index is 1530. The molecule has 0 saturated carbocycles. The molecule has 1 amide bonds. The molecule has 1 fully saturated rings. The highest BCUT2D eigenvalue weighted by Crippen LogP contribution is 2.39. The van der Waals surface area contributed by atoms with E-state index in [1.165, 1.54) is 11.3 Å². The van der Waals surface area contributed by atoms with Crippen LogP contribution in [0.1, 0.15) is 52.0 Å². The number of hydrogen-bond donors (Lipinski definition) is 1. The molecule has 1 aliphatic rings. The Morgan fingerprint density at radius 1 is 1.07 bits per heavy atom. The van der Waals surface area contributed by atoms with Crippen LogP contribution in [0.2, 0.25) is 0 Å². The summed E-state index contributed by atoms with van der Waals surface area (Å²) in [5, 5.41) is 3.51. The number of fused-ring (bicyclic) bond motifs is 1. The number of amides is 1. The first-order valence-electron chi connectivity index (χ1n) is 13.7. The molecule has 1 aliphatic heterocycles. The topological polar surface area (TPSA) is 110 Å². The summed E-state index contributed by atoms with van der Waals surface area (Å²) >= 11 is 1.45. The smallest absolute Gasteiger partial charge is 0.311 e. The lowest BCUT2D eigenvalue weighted by atomic mass is 9.80. The summed E-state index contributed by atoms with van der Waals surface area (Å²) in [6, 6.07) is 8.11. The van der Waals surface area contributed by atoms with Gasteiger partial charge in [-0.3, -0.25) is 14.6 Å². The van der Waals surface area contributed by atoms with E-state index in [1.807, 2.05) is 58.3 Å². The van der Waals surface area contributed by atoms with Crippen LogP contribution in [0.3, 0.4) is 0 Å². The molecule has 1 N–H and O–H groups in total. The highest BCUT2D eigenvalue weighted by Gasteiger charge is 2.38. The molecule has 0 aliphatic carbocycles. The fourth-order valence-electron chi connectivity index (χ4n) is 4.88. The quantitative estimate of drug-likeness (QED) is 0.261. The molecule has 40 heavy (non-hydrogen) atoms. The SMILES string of the molecule is CCCC(=O)Nc1nc2cc(-c3cnc(N4CCC(C)(C(=O)OCC)CC4)nc3)cc(-c3cc(C)ccn3)c2s1. The zero-order valence-electron chi connectivity index (χ0n) is 23.4. The summed E-state index contributed by atoms with van der Waals surface area (Å²) in [5.41, 5.74) is 4.99. The number of piperidine rings is 1. The lowest BCUT2D eigenvalue weighted by molar-refractivity contribution is -0.155. The number of nitrogens with one attached hydrogen (secondary N) is 1. The van der Waals surface area contributed by atoms with Crippen molar-refractivity contribution in [2.45, 2.75) is 53.4 Å². The van der Waals surface area contributed by atoms with Gasteiger partial charge in [0.05, 0.1) is 27.9 Å². The number of benzene rings is 1. The second kappa shape index (κ2) is 11.7. The van der Waals surface area contributed by atoms with Crippen LogP contribution in [0, 0.1) is 12.3 Å². The minimum atomic E-state index is -0.468. The fourth-order valence-corrected chi connectivity index (χ4v) is 5.86. The van der Waals surface area contributed by atoms with Crippen molar-refractivity contribution in [3.05, 3.63) is 48.4 Å². The van der Waals surface area contributed by atoms with Gasteiger partial charge in [-0.2, -0.15) is 0 Å². The molecule has 0 atom stereocenters. The van der Waals surface area contributed by atoms with Crippen molar-refractivity contribution in [1.82, 2.24) is 19.9 Å². The zero-order valence-corrected chi connectivity index (χ0v) is 24.2. The molecule has 1 saturated heterocycles. The van der Waals surface area contributed by atoms with E-state index in [-0.39, 0.29) is 11.9 Å². The minimum Gasteiger partial charge on any atom is -0.466 e. The molecule has 0 unspecified atom stereocenters. The second-order valence-electron chi connectivity index (χ2n) is 10.4. The Labute approximate surface area is 238 Å². The summed E-state index contributed by atoms with van der Waals surface area (Å²) in [6.07, 6.45) is 8.08. The van der Waals surface area contributed by atoms with E-state index >= 15 is 0 Å². The van der Waals surface area contributed by atoms with E-state index in [9.17, 15) is 9.59 Å². The second-order valence-corrected chi connectivity index (χ2v) is 11.4. The molecule has 10 heteroatoms. The number of rotatable bonds is 8. The van der Waals surface area contributed by atoms with Crippen molar-refractivity contribution in [2.75, 3.05) is 29.9 Å². The van der Waals surface area contributed by atoms with Crippen LogP contribution < -0.4 is 10.2 Å². The summed E-state index contributed by atoms with van der Waals surface area (Å²) in [4.78, 5) is 45.5. The van der Waals surface area contributed by atoms with E-state index in [4.69, 9.17) is 9.72 Å². The molecular weight excluding hydrogens is 524 g/mol. The number of nitrogens with zero attached hydrogens (tertiary/aromatic N) is 5. The Morgan fingerprint density at radius 3 is 2.50 bits per heavy atom. The Kier molecular flexibility index (Phi) is 8.07. The van der Waals surface area contributed by atoms with Crippen LogP contribution in [0.5, 0.6) is 0 Å². The fraction of sp³-hybridized carbons (Fsp3) is 0.400. The Morgan fingerprint density at radius 2 is 1.82 bits per heavy atom. The molecule has 0 radical (unpaired) electrons. The summed E-state index contributed by atoms with van der Waals surface area (Å²) in [7, 11) is 0. The van der Waals surface area contributed by atoms with Crippen LogP contribution in [0.4, 0.5) is 11.1 Å². The highest BCUT2D eigenvalue weighted by atomic mass is 32.1. The van der Waals surface area contributed by atoms with Gasteiger partial charge >= 0.3 is 5.97 Å². The molecule has 1 aromatic carbocycles. The van der Waals surface area contributed by atoms with Crippen molar-refractivity contribution >= 4 is 44.5 Å². The maximum atomic E-state index is 12.4. The van der Waals surface area contributed by atoms with Crippen LogP contribution in [0.15, 0.2) is 42.9 Å². The summed E-state index contributed by atoms with van der Waals surface area (Å²) in [6.45, 7) is 9.60. The maximum absolute atomic E-state index is 12.4. The highest BCUT2D eigenvalue weighted by molar-refractivity contribution is 7.22. The number of hydrogen-bond acceptors (Lipinski definition) is 9. The third-order valence-electron chi connectivity index (χ3n) is 7.29. The number of carbonyl (C=O) groups is 2. The van der Waals surface area contributed by atoms with Crippen molar-refractivity contribution in [1.29, 1.82) is 0 Å². The first-order valence-corrected chi connectivity index (χ1v) is 14.5. The predicted molar refractivity (Wildman–Crippen MR) is 158 cm³/mol. The van der Waals surface area contributed by atoms with Crippen LogP contribution in [-0.4, -0.2) is 51.5 Å². The largest absolute Gasteiger partial charge is 0.466 e. The molecule has 0 bridgehead atoms. The molecule has 4 aromatic rings. The van der Waals surface area contributed by atoms with Gasteiger partial charge in [0.2, 0.25) is 11.9 Å². The van der Waals surface area contributed by atoms with Gasteiger partial charge in [-0.1, -0.05) is 18.3 Å². The van der Waals surface area contributed by atoms with Gasteiger partial charge in [-0.25, -0.2) is 15.0 Å². The number of aryl methyl sites for hydroxylation is 1. The Hall–Kier alpha value is -3.92. The number of esters is 1. The van der Waals surface area contributed by atoms with E-state index < -0.39 is 5.41 Å². The average Bonchev–Trinajstić information content (AvgIpc) is 3.35. The van der Waals surface area contributed by atoms with E-state index in [0.29, 0.717) is 50.0 Å². The lowest BCUT2D eigenvalue weighted by Gasteiger charge is -2.37. The monoisotopic (exact) mass is 558 g/mol. The number of pyridine rings is 1. The average molecular weight is 559 g/mol. The van der Waals surface area contributed by atoms with Gasteiger partial charge in [-0.15, -0.1) is 0 Å². The van der Waals surface area contributed by atoms with Gasteiger partial charge in [0.25, 0.3) is 0 Å². The van der Waals surface area contributed by atoms with Gasteiger partial charge in [0.1, 0.15) is 0 Å². The van der Waals surface area contributed by atoms with Gasteiger partial charge in [-0.05, 0) is 75.4 Å². The molecular formula is C30H34N6O3S. The molecule has 3 aromatic heterocycles. The summed E-state index contributed by atoms with van der Waals surface area (Å²) in [5.74, 6) is 0.475. The molecule has 5 rings (SSSR count). The van der Waals surface area contributed by atoms with Gasteiger partial charge < -0.3 is 15.0 Å². The number of thiazole rings is 1. The zero-order chi connectivity index (χ0) is 28.3. The molecule has 4 heterocycles. The van der Waals surface area contributed by atoms with E-state index in [0.717, 1.165) is 44.6 Å². The van der Waals surface area contributed by atoms with Gasteiger partial charge in [0.15, 0.2) is 5.13 Å².